The van der Waals surface area contributed by atoms with Gasteiger partial charge >= 0.3 is 0 Å². The van der Waals surface area contributed by atoms with E-state index in [1.54, 1.807) is 0 Å². The minimum absolute atomic E-state index is 0.681. The monoisotopic (exact) mass is 700 g/mol. The van der Waals surface area contributed by atoms with Crippen LogP contribution in [0.2, 0.25) is 0 Å². The number of anilines is 2. The largest absolute Gasteiger partial charge is 0.381 e. The molecule has 54 heavy (non-hydrogen) atoms. The van der Waals surface area contributed by atoms with E-state index in [4.69, 9.17) is 9.97 Å². The lowest BCUT2D eigenvalue weighted by Gasteiger charge is -2.15. The summed E-state index contributed by atoms with van der Waals surface area (Å²) in [4.78, 5) is 10.7. The first kappa shape index (κ1) is 33.0. The van der Waals surface area contributed by atoms with Gasteiger partial charge in [0.2, 0.25) is 0 Å². The van der Waals surface area contributed by atoms with Crippen LogP contribution in [0.3, 0.4) is 0 Å². The van der Waals surface area contributed by atoms with Crippen LogP contribution in [0, 0.1) is 0 Å². The summed E-state index contributed by atoms with van der Waals surface area (Å²) >= 11 is 0. The van der Waals surface area contributed by atoms with Crippen molar-refractivity contribution < 1.29 is 0 Å². The molecule has 0 saturated carbocycles. The number of nitrogens with one attached hydrogen (secondary N) is 2. The highest BCUT2D eigenvalue weighted by atomic mass is 15.1. The first-order valence-corrected chi connectivity index (χ1v) is 18.5. The molecule has 0 aliphatic heterocycles. The van der Waals surface area contributed by atoms with E-state index >= 15 is 0 Å². The van der Waals surface area contributed by atoms with Crippen molar-refractivity contribution in [1.82, 2.24) is 19.1 Å². The smallest absolute Gasteiger partial charge is 0.142 e. The fraction of sp³-hybridized carbons (Fsp3) is 0.0833. The van der Waals surface area contributed by atoms with Gasteiger partial charge in [0.25, 0.3) is 0 Å². The molecular weight excluding hydrogens is 661 g/mol. The third kappa shape index (κ3) is 6.97. The maximum absolute atomic E-state index is 5.35. The normalized spacial score (nSPS) is 11.3. The van der Waals surface area contributed by atoms with Crippen molar-refractivity contribution >= 4 is 33.4 Å². The predicted molar refractivity (Wildman–Crippen MR) is 223 cm³/mol. The Morgan fingerprint density at radius 3 is 1.11 bits per heavy atom. The van der Waals surface area contributed by atoms with Crippen molar-refractivity contribution in [2.45, 2.75) is 26.2 Å². The Labute approximate surface area is 315 Å². The summed E-state index contributed by atoms with van der Waals surface area (Å²) in [6.07, 6.45) is 0. The van der Waals surface area contributed by atoms with Crippen LogP contribution in [-0.2, 0) is 26.2 Å². The number of hydrogen-bond acceptors (Lipinski definition) is 4. The van der Waals surface area contributed by atoms with Crippen molar-refractivity contribution in [2.24, 2.45) is 0 Å². The fourth-order valence-electron chi connectivity index (χ4n) is 7.20. The summed E-state index contributed by atoms with van der Waals surface area (Å²) in [5, 5.41) is 7.28. The van der Waals surface area contributed by atoms with Crippen molar-refractivity contribution in [2.75, 3.05) is 10.6 Å². The van der Waals surface area contributed by atoms with E-state index in [2.05, 4.69) is 202 Å². The van der Waals surface area contributed by atoms with Gasteiger partial charge < -0.3 is 19.8 Å². The van der Waals surface area contributed by atoms with Crippen molar-refractivity contribution in [3.63, 3.8) is 0 Å². The van der Waals surface area contributed by atoms with Gasteiger partial charge in [0.1, 0.15) is 11.6 Å². The van der Waals surface area contributed by atoms with Gasteiger partial charge in [-0.25, -0.2) is 9.97 Å². The Hall–Kier alpha value is -6.92. The van der Waals surface area contributed by atoms with E-state index in [-0.39, 0.29) is 0 Å². The van der Waals surface area contributed by atoms with Crippen LogP contribution < -0.4 is 10.6 Å². The lowest BCUT2D eigenvalue weighted by molar-refractivity contribution is 0.827. The van der Waals surface area contributed by atoms with Gasteiger partial charge in [-0.15, -0.1) is 0 Å². The maximum atomic E-state index is 5.35. The van der Waals surface area contributed by atoms with E-state index < -0.39 is 0 Å². The number of imidazole rings is 2. The Bertz CT molecular complexity index is 2460. The second-order valence-corrected chi connectivity index (χ2v) is 13.6. The number of nitrogens with zero attached hydrogens (tertiary/aromatic N) is 4. The topological polar surface area (TPSA) is 59.7 Å². The fourth-order valence-corrected chi connectivity index (χ4v) is 7.20. The number of aromatic nitrogens is 4. The van der Waals surface area contributed by atoms with Gasteiger partial charge in [0.15, 0.2) is 0 Å². The minimum Gasteiger partial charge on any atom is -0.381 e. The third-order valence-electron chi connectivity index (χ3n) is 9.95. The molecule has 9 aromatic rings. The second-order valence-electron chi connectivity index (χ2n) is 13.6. The van der Waals surface area contributed by atoms with Crippen LogP contribution in [0.15, 0.2) is 182 Å². The quantitative estimate of drug-likeness (QED) is 0.133. The highest BCUT2D eigenvalue weighted by Gasteiger charge is 2.22. The Kier molecular flexibility index (Phi) is 9.14. The molecule has 0 atom stereocenters. The first-order valence-electron chi connectivity index (χ1n) is 18.5. The average molecular weight is 701 g/mol. The molecule has 262 valence electrons. The van der Waals surface area contributed by atoms with Gasteiger partial charge in [0, 0.05) is 48.7 Å². The SMILES string of the molecule is c1ccc(CNc2ccc3nc(-c4ccccc4-c4nc5ccc(NCc6ccccc6)cc5n4Cc4ccccc4)n(Cc4ccccc4)c3c2)cc1. The zero-order valence-corrected chi connectivity index (χ0v) is 29.9. The molecule has 0 aliphatic carbocycles. The molecule has 0 aliphatic rings. The summed E-state index contributed by atoms with van der Waals surface area (Å²) in [6.45, 7) is 2.85. The van der Waals surface area contributed by atoms with Crippen LogP contribution in [-0.4, -0.2) is 19.1 Å². The van der Waals surface area contributed by atoms with Crippen LogP contribution in [0.5, 0.6) is 0 Å². The van der Waals surface area contributed by atoms with Crippen molar-refractivity contribution in [3.8, 4) is 22.8 Å². The van der Waals surface area contributed by atoms with E-state index in [0.717, 1.165) is 69.3 Å². The summed E-state index contributed by atoms with van der Waals surface area (Å²) in [7, 11) is 0. The number of fused-ring (bicyclic) bond motifs is 2. The van der Waals surface area contributed by atoms with Crippen LogP contribution >= 0.6 is 0 Å². The Balaban J connectivity index is 1.16. The Morgan fingerprint density at radius 1 is 0.370 bits per heavy atom. The van der Waals surface area contributed by atoms with Crippen molar-refractivity contribution in [1.29, 1.82) is 0 Å². The zero-order valence-electron chi connectivity index (χ0n) is 29.9. The summed E-state index contributed by atoms with van der Waals surface area (Å²) in [6, 6.07) is 63.8. The molecule has 6 nitrogen and oxygen atoms in total. The molecule has 9 rings (SSSR count). The molecule has 0 fully saturated rings. The van der Waals surface area contributed by atoms with Crippen LogP contribution in [0.1, 0.15) is 22.3 Å². The lowest BCUT2D eigenvalue weighted by atomic mass is 10.1. The summed E-state index contributed by atoms with van der Waals surface area (Å²) < 4.78 is 4.71. The first-order chi connectivity index (χ1) is 26.7. The molecule has 0 unspecified atom stereocenters. The van der Waals surface area contributed by atoms with E-state index in [9.17, 15) is 0 Å². The van der Waals surface area contributed by atoms with Gasteiger partial charge in [0.05, 0.1) is 22.1 Å². The van der Waals surface area contributed by atoms with Gasteiger partial charge in [-0.2, -0.15) is 0 Å². The summed E-state index contributed by atoms with van der Waals surface area (Å²) in [5.74, 6) is 1.82. The molecule has 0 spiro atoms. The molecular formula is C48H40N6. The van der Waals surface area contributed by atoms with Gasteiger partial charge in [-0.3, -0.25) is 0 Å². The minimum atomic E-state index is 0.681. The Morgan fingerprint density at radius 2 is 0.722 bits per heavy atom. The molecule has 2 heterocycles. The average Bonchev–Trinajstić information content (AvgIpc) is 3.77. The molecule has 0 amide bonds. The summed E-state index contributed by atoms with van der Waals surface area (Å²) in [5.41, 5.74) is 13.2. The number of benzene rings is 7. The maximum Gasteiger partial charge on any atom is 0.142 e. The molecule has 2 N–H and O–H groups in total. The molecule has 0 radical (unpaired) electrons. The van der Waals surface area contributed by atoms with Crippen molar-refractivity contribution in [3.05, 3.63) is 204 Å². The lowest BCUT2D eigenvalue weighted by Crippen LogP contribution is -2.06. The van der Waals surface area contributed by atoms with Crippen LogP contribution in [0.4, 0.5) is 11.4 Å². The molecule has 7 aromatic carbocycles. The van der Waals surface area contributed by atoms with Gasteiger partial charge in [-0.05, 0) is 58.7 Å². The highest BCUT2D eigenvalue weighted by Crippen LogP contribution is 2.37. The number of hydrogen-bond donors (Lipinski definition) is 2. The zero-order chi connectivity index (χ0) is 36.1. The van der Waals surface area contributed by atoms with E-state index in [0.29, 0.717) is 13.1 Å². The molecule has 0 saturated heterocycles. The number of rotatable bonds is 12. The predicted octanol–water partition coefficient (Wildman–Crippen LogP) is 11.0. The second kappa shape index (κ2) is 15.0. The highest BCUT2D eigenvalue weighted by molar-refractivity contribution is 5.90. The van der Waals surface area contributed by atoms with Gasteiger partial charge in [-0.1, -0.05) is 146 Å². The van der Waals surface area contributed by atoms with E-state index in [1.807, 2.05) is 0 Å². The molecule has 0 bridgehead atoms. The standard InChI is InChI=1S/C48H40N6/c1-5-15-35(16-6-1)31-49-39-25-27-43-45(29-39)53(33-37-19-9-3-10-20-37)47(51-43)41-23-13-14-24-42(41)48-52-44-28-26-40(50-32-36-17-7-2-8-18-36)30-46(44)54(48)34-38-21-11-4-12-22-38/h1-30,49-50H,31-34H2. The van der Waals surface area contributed by atoms with E-state index in [1.165, 1.54) is 22.3 Å². The molecule has 6 heteroatoms. The third-order valence-corrected chi connectivity index (χ3v) is 9.95. The van der Waals surface area contributed by atoms with Crippen LogP contribution in [0.25, 0.3) is 44.8 Å². The molecule has 2 aromatic heterocycles.